The van der Waals surface area contributed by atoms with Crippen molar-refractivity contribution in [2.24, 2.45) is 0 Å². The van der Waals surface area contributed by atoms with E-state index in [4.69, 9.17) is 4.74 Å². The first-order valence-corrected chi connectivity index (χ1v) is 10.0. The molecule has 1 fully saturated rings. The van der Waals surface area contributed by atoms with Crippen LogP contribution >= 0.6 is 0 Å². The SMILES string of the molecule is COc1cc(/C=C/C(=O)N2CCC(NC(=O)c3ccc(F)cc3)CC2)ccc1OC(F)F. The second-order valence-corrected chi connectivity index (χ2v) is 7.20. The average Bonchev–Trinajstić information content (AvgIpc) is 2.78. The minimum atomic E-state index is -2.96. The zero-order chi connectivity index (χ0) is 23.1. The zero-order valence-electron chi connectivity index (χ0n) is 17.4. The van der Waals surface area contributed by atoms with E-state index < -0.39 is 12.4 Å². The highest BCUT2D eigenvalue weighted by Gasteiger charge is 2.23. The molecular weight excluding hydrogens is 425 g/mol. The van der Waals surface area contributed by atoms with Crippen molar-refractivity contribution < 1.29 is 32.2 Å². The number of likely N-dealkylation sites (tertiary alicyclic amines) is 1. The molecule has 1 saturated heterocycles. The second kappa shape index (κ2) is 10.7. The van der Waals surface area contributed by atoms with E-state index in [0.29, 0.717) is 37.1 Å². The molecule has 170 valence electrons. The van der Waals surface area contributed by atoms with Crippen LogP contribution in [0.25, 0.3) is 6.08 Å². The summed E-state index contributed by atoms with van der Waals surface area (Å²) in [5.41, 5.74) is 0.978. The van der Waals surface area contributed by atoms with E-state index in [0.717, 1.165) is 0 Å². The molecule has 3 rings (SSSR count). The number of piperidine rings is 1. The van der Waals surface area contributed by atoms with Crippen molar-refractivity contribution in [2.75, 3.05) is 20.2 Å². The second-order valence-electron chi connectivity index (χ2n) is 7.20. The number of carbonyl (C=O) groups is 2. The lowest BCUT2D eigenvalue weighted by molar-refractivity contribution is -0.127. The Kier molecular flexibility index (Phi) is 7.75. The molecule has 0 spiro atoms. The molecule has 2 aromatic rings. The van der Waals surface area contributed by atoms with Crippen molar-refractivity contribution in [1.82, 2.24) is 10.2 Å². The lowest BCUT2D eigenvalue weighted by Gasteiger charge is -2.31. The molecule has 0 saturated carbocycles. The first-order valence-electron chi connectivity index (χ1n) is 10.0. The summed E-state index contributed by atoms with van der Waals surface area (Å²) in [4.78, 5) is 26.4. The molecular formula is C23H23F3N2O4. The van der Waals surface area contributed by atoms with Crippen LogP contribution in [0.5, 0.6) is 11.5 Å². The van der Waals surface area contributed by atoms with Crippen molar-refractivity contribution >= 4 is 17.9 Å². The van der Waals surface area contributed by atoms with Gasteiger partial charge in [-0.2, -0.15) is 8.78 Å². The summed E-state index contributed by atoms with van der Waals surface area (Å²) in [5.74, 6) is -0.825. The number of hydrogen-bond acceptors (Lipinski definition) is 4. The molecule has 1 N–H and O–H groups in total. The Morgan fingerprint density at radius 1 is 1.09 bits per heavy atom. The highest BCUT2D eigenvalue weighted by molar-refractivity contribution is 5.94. The predicted octanol–water partition coefficient (Wildman–Crippen LogP) is 3.87. The molecule has 32 heavy (non-hydrogen) atoms. The average molecular weight is 448 g/mol. The van der Waals surface area contributed by atoms with Gasteiger partial charge in [-0.1, -0.05) is 6.07 Å². The van der Waals surface area contributed by atoms with Crippen LogP contribution in [0.1, 0.15) is 28.8 Å². The lowest BCUT2D eigenvalue weighted by Crippen LogP contribution is -2.46. The van der Waals surface area contributed by atoms with Crippen LogP contribution < -0.4 is 14.8 Å². The number of hydrogen-bond donors (Lipinski definition) is 1. The Bertz CT molecular complexity index is 972. The van der Waals surface area contributed by atoms with Crippen LogP contribution in [0, 0.1) is 5.82 Å². The van der Waals surface area contributed by atoms with E-state index in [1.165, 1.54) is 49.6 Å². The van der Waals surface area contributed by atoms with Crippen molar-refractivity contribution in [3.63, 3.8) is 0 Å². The van der Waals surface area contributed by atoms with E-state index in [-0.39, 0.29) is 29.4 Å². The monoisotopic (exact) mass is 448 g/mol. The van der Waals surface area contributed by atoms with Crippen LogP contribution in [0.4, 0.5) is 13.2 Å². The van der Waals surface area contributed by atoms with Crippen LogP contribution in [0.15, 0.2) is 48.5 Å². The minimum Gasteiger partial charge on any atom is -0.493 e. The third-order valence-corrected chi connectivity index (χ3v) is 5.07. The van der Waals surface area contributed by atoms with Gasteiger partial charge in [-0.25, -0.2) is 4.39 Å². The summed E-state index contributed by atoms with van der Waals surface area (Å²) in [6.45, 7) is -2.01. The van der Waals surface area contributed by atoms with E-state index in [1.54, 1.807) is 17.0 Å². The predicted molar refractivity (Wildman–Crippen MR) is 112 cm³/mol. The number of alkyl halides is 2. The number of amides is 2. The summed E-state index contributed by atoms with van der Waals surface area (Å²) < 4.78 is 47.2. The molecule has 0 aliphatic carbocycles. The number of carbonyl (C=O) groups excluding carboxylic acids is 2. The molecule has 1 aliphatic rings. The molecule has 6 nitrogen and oxygen atoms in total. The topological polar surface area (TPSA) is 67.9 Å². The van der Waals surface area contributed by atoms with Crippen LogP contribution in [0.2, 0.25) is 0 Å². The summed E-state index contributed by atoms with van der Waals surface area (Å²) in [6.07, 6.45) is 4.17. The van der Waals surface area contributed by atoms with Crippen LogP contribution in [0.3, 0.4) is 0 Å². The molecule has 2 amide bonds. The van der Waals surface area contributed by atoms with Gasteiger partial charge in [0, 0.05) is 30.8 Å². The number of nitrogens with one attached hydrogen (secondary N) is 1. The highest BCUT2D eigenvalue weighted by Crippen LogP contribution is 2.29. The standard InChI is InChI=1S/C23H23F3N2O4/c1-31-20-14-15(2-8-19(20)32-23(25)26)3-9-21(29)28-12-10-18(11-13-28)27-22(30)16-4-6-17(24)7-5-16/h2-9,14,18,23H,10-13H2,1H3,(H,27,30)/b9-3+. The zero-order valence-corrected chi connectivity index (χ0v) is 17.4. The largest absolute Gasteiger partial charge is 0.493 e. The third-order valence-electron chi connectivity index (χ3n) is 5.07. The maximum atomic E-state index is 13.0. The van der Waals surface area contributed by atoms with Crippen molar-refractivity contribution in [2.45, 2.75) is 25.5 Å². The number of benzene rings is 2. The third kappa shape index (κ3) is 6.26. The molecule has 1 aliphatic heterocycles. The quantitative estimate of drug-likeness (QED) is 0.653. The molecule has 0 aromatic heterocycles. The maximum Gasteiger partial charge on any atom is 0.387 e. The number of methoxy groups -OCH3 is 1. The molecule has 1 heterocycles. The summed E-state index contributed by atoms with van der Waals surface area (Å²) in [6, 6.07) is 9.64. The Labute approximate surface area is 183 Å². The van der Waals surface area contributed by atoms with Crippen LogP contribution in [-0.2, 0) is 4.79 Å². The van der Waals surface area contributed by atoms with Crippen molar-refractivity contribution in [3.8, 4) is 11.5 Å². The van der Waals surface area contributed by atoms with Gasteiger partial charge >= 0.3 is 6.61 Å². The van der Waals surface area contributed by atoms with Crippen molar-refractivity contribution in [3.05, 3.63) is 65.5 Å². The van der Waals surface area contributed by atoms with Gasteiger partial charge in [-0.3, -0.25) is 9.59 Å². The van der Waals surface area contributed by atoms with Crippen LogP contribution in [-0.4, -0.2) is 49.6 Å². The number of rotatable bonds is 7. The van der Waals surface area contributed by atoms with Gasteiger partial charge < -0.3 is 19.7 Å². The Balaban J connectivity index is 1.51. The van der Waals surface area contributed by atoms with Gasteiger partial charge in [-0.05, 0) is 60.9 Å². The molecule has 0 bridgehead atoms. The number of ether oxygens (including phenoxy) is 2. The van der Waals surface area contributed by atoms with Gasteiger partial charge in [-0.15, -0.1) is 0 Å². The lowest BCUT2D eigenvalue weighted by atomic mass is 10.0. The summed E-state index contributed by atoms with van der Waals surface area (Å²) in [5, 5.41) is 2.91. The van der Waals surface area contributed by atoms with Gasteiger partial charge in [0.15, 0.2) is 11.5 Å². The van der Waals surface area contributed by atoms with Gasteiger partial charge in [0.1, 0.15) is 5.82 Å². The number of nitrogens with zero attached hydrogens (tertiary/aromatic N) is 1. The minimum absolute atomic E-state index is 0.0766. The van der Waals surface area contributed by atoms with Gasteiger partial charge in [0.25, 0.3) is 5.91 Å². The Hall–Kier alpha value is -3.49. The fourth-order valence-corrected chi connectivity index (χ4v) is 3.37. The maximum absolute atomic E-state index is 13.0. The molecule has 0 radical (unpaired) electrons. The van der Waals surface area contributed by atoms with Gasteiger partial charge in [0.2, 0.25) is 5.91 Å². The first-order chi connectivity index (χ1) is 15.4. The van der Waals surface area contributed by atoms with E-state index >= 15 is 0 Å². The molecule has 9 heteroatoms. The van der Waals surface area contributed by atoms with Crippen molar-refractivity contribution in [1.29, 1.82) is 0 Å². The molecule has 0 atom stereocenters. The van der Waals surface area contributed by atoms with E-state index in [2.05, 4.69) is 10.1 Å². The van der Waals surface area contributed by atoms with E-state index in [9.17, 15) is 22.8 Å². The first kappa shape index (κ1) is 23.2. The summed E-state index contributed by atoms with van der Waals surface area (Å²) >= 11 is 0. The molecule has 0 unspecified atom stereocenters. The number of halogens is 3. The Morgan fingerprint density at radius 3 is 2.41 bits per heavy atom. The van der Waals surface area contributed by atoms with E-state index in [1.807, 2.05) is 0 Å². The van der Waals surface area contributed by atoms with Gasteiger partial charge in [0.05, 0.1) is 7.11 Å². The summed E-state index contributed by atoms with van der Waals surface area (Å²) in [7, 11) is 1.34. The molecule has 2 aromatic carbocycles. The fourth-order valence-electron chi connectivity index (χ4n) is 3.37. The highest BCUT2D eigenvalue weighted by atomic mass is 19.3. The Morgan fingerprint density at radius 2 is 1.78 bits per heavy atom. The smallest absolute Gasteiger partial charge is 0.387 e. The normalized spacial score (nSPS) is 14.6. The fraction of sp³-hybridized carbons (Fsp3) is 0.304.